The molecule has 1 aliphatic heterocycles. The predicted molar refractivity (Wildman–Crippen MR) is 89.5 cm³/mol. The molecule has 4 rings (SSSR count). The van der Waals surface area contributed by atoms with Crippen LogP contribution in [0.2, 0.25) is 0 Å². The highest BCUT2D eigenvalue weighted by atomic mass is 16.5. The first kappa shape index (κ1) is 16.0. The molecule has 0 aromatic carbocycles. The first-order valence-electron chi connectivity index (χ1n) is 8.58. The lowest BCUT2D eigenvalue weighted by molar-refractivity contribution is 0.0899. The zero-order valence-electron chi connectivity index (χ0n) is 14.1. The minimum absolute atomic E-state index is 0.149. The van der Waals surface area contributed by atoms with Gasteiger partial charge in [0.2, 0.25) is 0 Å². The monoisotopic (exact) mass is 343 g/mol. The van der Waals surface area contributed by atoms with Gasteiger partial charge in [-0.15, -0.1) is 0 Å². The Balaban J connectivity index is 1.33. The summed E-state index contributed by atoms with van der Waals surface area (Å²) in [6.07, 6.45) is 3.38. The van der Waals surface area contributed by atoms with Crippen molar-refractivity contribution in [3.05, 3.63) is 35.6 Å². The first-order valence-corrected chi connectivity index (χ1v) is 8.58. The van der Waals surface area contributed by atoms with Crippen molar-refractivity contribution in [2.45, 2.75) is 31.7 Å². The molecule has 3 heterocycles. The molecular weight excluding hydrogens is 322 g/mol. The largest absolute Gasteiger partial charge is 0.378 e. The fraction of sp³-hybridized carbons (Fsp3) is 0.529. The lowest BCUT2D eigenvalue weighted by Gasteiger charge is -2.35. The van der Waals surface area contributed by atoms with Crippen LogP contribution in [-0.4, -0.2) is 53.4 Å². The number of morpholine rings is 1. The van der Waals surface area contributed by atoms with Gasteiger partial charge >= 0.3 is 0 Å². The summed E-state index contributed by atoms with van der Waals surface area (Å²) in [6, 6.07) is 3.86. The van der Waals surface area contributed by atoms with Gasteiger partial charge in [0.05, 0.1) is 13.2 Å². The standard InChI is InChI=1S/C17H21N5O3/c1-11-6-15(21-25-11)17(23)20-13-7-12(8-13)14-9-16(19-10-18-14)22-2-4-24-5-3-22/h6,9-10,12-13H,2-5,7-8H2,1H3,(H,20,23). The molecule has 0 spiro atoms. The lowest BCUT2D eigenvalue weighted by atomic mass is 9.78. The number of rotatable bonds is 4. The molecule has 0 unspecified atom stereocenters. The molecule has 1 amide bonds. The van der Waals surface area contributed by atoms with Crippen molar-refractivity contribution in [1.82, 2.24) is 20.4 Å². The number of hydrogen-bond acceptors (Lipinski definition) is 7. The van der Waals surface area contributed by atoms with Gasteiger partial charge < -0.3 is 19.5 Å². The van der Waals surface area contributed by atoms with Crippen LogP contribution in [0.3, 0.4) is 0 Å². The van der Waals surface area contributed by atoms with Crippen LogP contribution in [0.15, 0.2) is 23.0 Å². The molecule has 8 nitrogen and oxygen atoms in total. The maximum absolute atomic E-state index is 12.1. The summed E-state index contributed by atoms with van der Waals surface area (Å²) in [4.78, 5) is 23.1. The normalized spacial score (nSPS) is 23.2. The summed E-state index contributed by atoms with van der Waals surface area (Å²) in [5.74, 6) is 1.76. The van der Waals surface area contributed by atoms with Crippen molar-refractivity contribution in [3.8, 4) is 0 Å². The van der Waals surface area contributed by atoms with Crippen molar-refractivity contribution in [2.24, 2.45) is 0 Å². The smallest absolute Gasteiger partial charge is 0.273 e. The van der Waals surface area contributed by atoms with E-state index in [4.69, 9.17) is 9.26 Å². The van der Waals surface area contributed by atoms with Crippen molar-refractivity contribution in [3.63, 3.8) is 0 Å². The molecule has 8 heteroatoms. The van der Waals surface area contributed by atoms with Gasteiger partial charge in [0.1, 0.15) is 17.9 Å². The van der Waals surface area contributed by atoms with Gasteiger partial charge in [-0.3, -0.25) is 4.79 Å². The van der Waals surface area contributed by atoms with E-state index in [9.17, 15) is 4.79 Å². The molecule has 2 aromatic heterocycles. The van der Waals surface area contributed by atoms with Crippen molar-refractivity contribution in [1.29, 1.82) is 0 Å². The summed E-state index contributed by atoms with van der Waals surface area (Å²) in [6.45, 7) is 4.95. The Hall–Kier alpha value is -2.48. The number of carbonyl (C=O) groups excluding carboxylic acids is 1. The van der Waals surface area contributed by atoms with Gasteiger partial charge in [0, 0.05) is 42.9 Å². The van der Waals surface area contributed by atoms with E-state index >= 15 is 0 Å². The molecule has 25 heavy (non-hydrogen) atoms. The van der Waals surface area contributed by atoms with Crippen LogP contribution < -0.4 is 10.2 Å². The maximum Gasteiger partial charge on any atom is 0.273 e. The average Bonchev–Trinajstić information content (AvgIpc) is 3.05. The van der Waals surface area contributed by atoms with E-state index < -0.39 is 0 Å². The van der Waals surface area contributed by atoms with Crippen LogP contribution in [0.4, 0.5) is 5.82 Å². The van der Waals surface area contributed by atoms with Gasteiger partial charge in [0.15, 0.2) is 5.69 Å². The minimum atomic E-state index is -0.183. The second-order valence-electron chi connectivity index (χ2n) is 6.56. The third-order valence-corrected chi connectivity index (χ3v) is 4.76. The second-order valence-corrected chi connectivity index (χ2v) is 6.56. The van der Waals surface area contributed by atoms with Crippen molar-refractivity contribution in [2.75, 3.05) is 31.2 Å². The first-order chi connectivity index (χ1) is 12.2. The second kappa shape index (κ2) is 6.79. The van der Waals surface area contributed by atoms with Crippen molar-refractivity contribution < 1.29 is 14.1 Å². The summed E-state index contributed by atoms with van der Waals surface area (Å²) in [7, 11) is 0. The molecular formula is C17H21N5O3. The van der Waals surface area contributed by atoms with E-state index in [0.717, 1.165) is 50.7 Å². The average molecular weight is 343 g/mol. The van der Waals surface area contributed by atoms with E-state index in [2.05, 4.69) is 31.4 Å². The van der Waals surface area contributed by atoms with Crippen LogP contribution in [-0.2, 0) is 4.74 Å². The zero-order valence-corrected chi connectivity index (χ0v) is 14.1. The molecule has 0 radical (unpaired) electrons. The molecule has 0 atom stereocenters. The Labute approximate surface area is 145 Å². The van der Waals surface area contributed by atoms with Gasteiger partial charge in [-0.25, -0.2) is 9.97 Å². The SMILES string of the molecule is Cc1cc(C(=O)NC2CC(c3cc(N4CCOCC4)ncn3)C2)no1. The number of amides is 1. The number of hydrogen-bond donors (Lipinski definition) is 1. The Bertz CT molecular complexity index is 750. The molecule has 2 aromatic rings. The summed E-state index contributed by atoms with van der Waals surface area (Å²) >= 11 is 0. The summed E-state index contributed by atoms with van der Waals surface area (Å²) in [5, 5.41) is 6.74. The number of nitrogens with one attached hydrogen (secondary N) is 1. The number of carbonyl (C=O) groups is 1. The highest BCUT2D eigenvalue weighted by Crippen LogP contribution is 2.36. The van der Waals surface area contributed by atoms with Crippen LogP contribution in [0.25, 0.3) is 0 Å². The van der Waals surface area contributed by atoms with Gasteiger partial charge in [-0.05, 0) is 19.8 Å². The highest BCUT2D eigenvalue weighted by molar-refractivity contribution is 5.92. The molecule has 0 bridgehead atoms. The minimum Gasteiger partial charge on any atom is -0.378 e. The number of aryl methyl sites for hydroxylation is 1. The molecule has 1 saturated heterocycles. The maximum atomic E-state index is 12.1. The van der Waals surface area contributed by atoms with E-state index in [1.165, 1.54) is 0 Å². The Morgan fingerprint density at radius 3 is 2.76 bits per heavy atom. The van der Waals surface area contributed by atoms with Crippen LogP contribution >= 0.6 is 0 Å². The van der Waals surface area contributed by atoms with Crippen LogP contribution in [0, 0.1) is 6.92 Å². The third kappa shape index (κ3) is 3.48. The van der Waals surface area contributed by atoms with Gasteiger partial charge in [-0.2, -0.15) is 0 Å². The van der Waals surface area contributed by atoms with Crippen LogP contribution in [0.1, 0.15) is 40.7 Å². The molecule has 1 aliphatic carbocycles. The van der Waals surface area contributed by atoms with Crippen molar-refractivity contribution >= 4 is 11.7 Å². The summed E-state index contributed by atoms with van der Waals surface area (Å²) < 4.78 is 10.3. The Kier molecular flexibility index (Phi) is 4.35. The quantitative estimate of drug-likeness (QED) is 0.894. The van der Waals surface area contributed by atoms with Gasteiger partial charge in [-0.1, -0.05) is 5.16 Å². The molecule has 1 N–H and O–H groups in total. The number of anilines is 1. The highest BCUT2D eigenvalue weighted by Gasteiger charge is 2.33. The van der Waals surface area contributed by atoms with E-state index in [1.807, 2.05) is 0 Å². The number of nitrogens with zero attached hydrogens (tertiary/aromatic N) is 4. The Morgan fingerprint density at radius 2 is 2.04 bits per heavy atom. The summed E-state index contributed by atoms with van der Waals surface area (Å²) in [5.41, 5.74) is 1.37. The Morgan fingerprint density at radius 1 is 1.24 bits per heavy atom. The molecule has 2 fully saturated rings. The van der Waals surface area contributed by atoms with Gasteiger partial charge in [0.25, 0.3) is 5.91 Å². The number of ether oxygens (including phenoxy) is 1. The fourth-order valence-electron chi connectivity index (χ4n) is 3.26. The molecule has 132 valence electrons. The number of aromatic nitrogens is 3. The molecule has 2 aliphatic rings. The third-order valence-electron chi connectivity index (χ3n) is 4.76. The zero-order chi connectivity index (χ0) is 17.2. The topological polar surface area (TPSA) is 93.4 Å². The van der Waals surface area contributed by atoms with E-state index in [0.29, 0.717) is 17.4 Å². The lowest BCUT2D eigenvalue weighted by Crippen LogP contribution is -2.43. The predicted octanol–water partition coefficient (Wildman–Crippen LogP) is 1.29. The fourth-order valence-corrected chi connectivity index (χ4v) is 3.26. The van der Waals surface area contributed by atoms with E-state index in [1.54, 1.807) is 19.3 Å². The van der Waals surface area contributed by atoms with E-state index in [-0.39, 0.29) is 11.9 Å². The van der Waals surface area contributed by atoms with Crippen LogP contribution in [0.5, 0.6) is 0 Å². The molecule has 1 saturated carbocycles.